The molecule has 0 saturated carbocycles. The average molecular weight is 1180 g/mol. The van der Waals surface area contributed by atoms with Gasteiger partial charge in [0.05, 0.1) is 11.0 Å². The SMILES string of the molecule is CC(C)(C)c1ccc2c(c1)c1cc(C(C)(C)C)cc3c1n2-c1cc(-c2nc(-c4cc(-c5ccccc5)cc(-c5ccccc5)c4)nc(-c4cc(-c5ccccc5)cc(-c5ccccc5)c4)n2)cc2c1B3c1cc(C(C)(C)C)cc3c4cc(C(C)(C)C)ccc4n-2c13. The van der Waals surface area contributed by atoms with Gasteiger partial charge in [-0.1, -0.05) is 229 Å². The molecule has 0 N–H and O–H groups in total. The molecule has 11 aromatic carbocycles. The summed E-state index contributed by atoms with van der Waals surface area (Å²) in [5, 5.41) is 5.11. The monoisotopic (exact) mass is 1180 g/mol. The number of hydrogen-bond acceptors (Lipinski definition) is 3. The van der Waals surface area contributed by atoms with Crippen LogP contribution in [0.2, 0.25) is 0 Å². The van der Waals surface area contributed by atoms with Gasteiger partial charge in [0, 0.05) is 60.6 Å². The van der Waals surface area contributed by atoms with Crippen LogP contribution in [0, 0.1) is 0 Å². The van der Waals surface area contributed by atoms with Crippen molar-refractivity contribution >= 4 is 66.7 Å². The molecule has 0 aliphatic carbocycles. The second kappa shape index (κ2) is 20.3. The van der Waals surface area contributed by atoms with E-state index in [4.69, 9.17) is 15.0 Å². The molecule has 3 aromatic heterocycles. The van der Waals surface area contributed by atoms with Crippen LogP contribution in [0.25, 0.3) is 134 Å². The summed E-state index contributed by atoms with van der Waals surface area (Å²) in [6, 6.07) is 85.9. The van der Waals surface area contributed by atoms with E-state index in [1.165, 1.54) is 82.3 Å². The minimum atomic E-state index is -0.123. The number of nitrogens with zero attached hydrogens (tertiary/aromatic N) is 5. The van der Waals surface area contributed by atoms with Crippen LogP contribution in [0.5, 0.6) is 0 Å². The Morgan fingerprint density at radius 3 is 0.857 bits per heavy atom. The first-order valence-electron chi connectivity index (χ1n) is 32.3. The Morgan fingerprint density at radius 2 is 0.549 bits per heavy atom. The number of aromatic nitrogens is 5. The predicted octanol–water partition coefficient (Wildman–Crippen LogP) is 20.1. The van der Waals surface area contributed by atoms with Crippen molar-refractivity contribution in [2.75, 3.05) is 0 Å². The minimum Gasteiger partial charge on any atom is -0.310 e. The fourth-order valence-electron chi connectivity index (χ4n) is 14.5. The van der Waals surface area contributed by atoms with Gasteiger partial charge in [0.2, 0.25) is 0 Å². The van der Waals surface area contributed by atoms with Gasteiger partial charge < -0.3 is 9.13 Å². The number of hydrogen-bond donors (Lipinski definition) is 0. The molecule has 0 bridgehead atoms. The molecule has 0 saturated heterocycles. The number of benzene rings is 11. The van der Waals surface area contributed by atoms with E-state index < -0.39 is 0 Å². The Morgan fingerprint density at radius 1 is 0.264 bits per heavy atom. The standard InChI is InChI=1S/C85H74BN5/c1-82(2,3)62-33-35-72-66(45-62)68-47-64(84(7,8)9)49-70-77(68)90(72)74-43-61(44-75-76(74)86(70)71-50-65(85(10,11)12)48-69-67-46-63(83(4,5)6)34-36-73(67)91(75)78(69)71)81-88-79(59-39-55(51-25-17-13-18-26-51)37-56(40-59)52-27-19-14-20-28-52)87-80(89-81)60-41-57(53-29-21-15-22-30-53)38-58(42-60)54-31-23-16-24-32-54/h13-50H,1-12H3. The molecule has 0 fully saturated rings. The number of rotatable bonds is 7. The summed E-state index contributed by atoms with van der Waals surface area (Å²) >= 11 is 0. The maximum atomic E-state index is 5.79. The highest BCUT2D eigenvalue weighted by atomic mass is 15.1. The van der Waals surface area contributed by atoms with E-state index >= 15 is 0 Å². The smallest absolute Gasteiger partial charge is 0.252 e. The fraction of sp³-hybridized carbons (Fsp3) is 0.188. The van der Waals surface area contributed by atoms with Gasteiger partial charge in [0.1, 0.15) is 0 Å². The van der Waals surface area contributed by atoms with E-state index in [-0.39, 0.29) is 28.4 Å². The molecule has 0 spiro atoms. The molecular weight excluding hydrogens is 1100 g/mol. The van der Waals surface area contributed by atoms with E-state index in [0.717, 1.165) is 72.6 Å². The van der Waals surface area contributed by atoms with Gasteiger partial charge in [-0.3, -0.25) is 0 Å². The Bertz CT molecular complexity index is 4860. The van der Waals surface area contributed by atoms with Crippen LogP contribution in [0.1, 0.15) is 105 Å². The summed E-state index contributed by atoms with van der Waals surface area (Å²) in [4.78, 5) is 17.2. The topological polar surface area (TPSA) is 48.5 Å². The van der Waals surface area contributed by atoms with Crippen molar-refractivity contribution in [1.29, 1.82) is 0 Å². The third kappa shape index (κ3) is 9.39. The van der Waals surface area contributed by atoms with Gasteiger partial charge in [0.15, 0.2) is 17.5 Å². The van der Waals surface area contributed by atoms with Crippen molar-refractivity contribution < 1.29 is 0 Å². The molecule has 0 amide bonds. The normalized spacial score (nSPS) is 13.0. The van der Waals surface area contributed by atoms with Crippen molar-refractivity contribution in [2.24, 2.45) is 0 Å². The first-order valence-corrected chi connectivity index (χ1v) is 32.3. The van der Waals surface area contributed by atoms with E-state index in [2.05, 4.69) is 323 Å². The quantitative estimate of drug-likeness (QED) is 0.149. The predicted molar refractivity (Wildman–Crippen MR) is 386 cm³/mol. The lowest BCUT2D eigenvalue weighted by Crippen LogP contribution is -2.59. The lowest BCUT2D eigenvalue weighted by atomic mass is 9.34. The van der Waals surface area contributed by atoms with Crippen molar-refractivity contribution in [2.45, 2.75) is 105 Å². The van der Waals surface area contributed by atoms with Crippen LogP contribution >= 0.6 is 0 Å². The zero-order valence-corrected chi connectivity index (χ0v) is 54.3. The van der Waals surface area contributed by atoms with Gasteiger partial charge in [-0.2, -0.15) is 0 Å². The zero-order valence-electron chi connectivity index (χ0n) is 54.3. The van der Waals surface area contributed by atoms with Crippen molar-refractivity contribution in [3.63, 3.8) is 0 Å². The summed E-state index contributed by atoms with van der Waals surface area (Å²) in [6.07, 6.45) is 0. The first kappa shape index (κ1) is 56.3. The molecule has 0 atom stereocenters. The van der Waals surface area contributed by atoms with E-state index in [9.17, 15) is 0 Å². The van der Waals surface area contributed by atoms with Gasteiger partial charge in [-0.05, 0) is 190 Å². The highest BCUT2D eigenvalue weighted by Crippen LogP contribution is 2.46. The Hall–Kier alpha value is -9.91. The minimum absolute atomic E-state index is 0.0630. The van der Waals surface area contributed by atoms with Crippen molar-refractivity contribution in [3.8, 4) is 90.0 Å². The maximum absolute atomic E-state index is 5.79. The largest absolute Gasteiger partial charge is 0.310 e. The molecule has 5 heterocycles. The molecule has 16 rings (SSSR count). The highest BCUT2D eigenvalue weighted by Gasteiger charge is 2.43. The molecule has 6 heteroatoms. The summed E-state index contributed by atoms with van der Waals surface area (Å²) in [5.41, 5.74) is 27.6. The van der Waals surface area contributed by atoms with Crippen LogP contribution in [0.3, 0.4) is 0 Å². The van der Waals surface area contributed by atoms with E-state index in [0.29, 0.717) is 17.5 Å². The lowest BCUT2D eigenvalue weighted by molar-refractivity contribution is 0.590. The summed E-state index contributed by atoms with van der Waals surface area (Å²) in [6.45, 7) is 28.1. The molecule has 14 aromatic rings. The molecule has 5 nitrogen and oxygen atoms in total. The highest BCUT2D eigenvalue weighted by molar-refractivity contribution is 7.00. The first-order chi connectivity index (χ1) is 43.6. The second-order valence-electron chi connectivity index (χ2n) is 29.8. The molecule has 2 aliphatic heterocycles. The Labute approximate surface area is 535 Å². The molecule has 2 aliphatic rings. The summed E-state index contributed by atoms with van der Waals surface area (Å²) < 4.78 is 5.23. The Kier molecular flexibility index (Phi) is 12.6. The summed E-state index contributed by atoms with van der Waals surface area (Å²) in [5.74, 6) is 1.79. The molecular formula is C85H74BN5. The second-order valence-corrected chi connectivity index (χ2v) is 29.8. The molecule has 442 valence electrons. The number of fused-ring (bicyclic) bond motifs is 10. The average Bonchev–Trinajstić information content (AvgIpc) is 1.57. The van der Waals surface area contributed by atoms with Crippen LogP contribution < -0.4 is 16.4 Å². The Balaban J connectivity index is 1.06. The zero-order chi connectivity index (χ0) is 62.6. The molecule has 0 unspecified atom stereocenters. The van der Waals surface area contributed by atoms with Gasteiger partial charge in [-0.15, -0.1) is 0 Å². The van der Waals surface area contributed by atoms with Crippen LogP contribution in [-0.2, 0) is 21.7 Å². The van der Waals surface area contributed by atoms with Crippen LogP contribution in [0.15, 0.2) is 231 Å². The third-order valence-corrected chi connectivity index (χ3v) is 19.5. The molecule has 0 radical (unpaired) electrons. The van der Waals surface area contributed by atoms with E-state index in [1.807, 2.05) is 0 Å². The van der Waals surface area contributed by atoms with Crippen LogP contribution in [-0.4, -0.2) is 30.8 Å². The van der Waals surface area contributed by atoms with Gasteiger partial charge >= 0.3 is 0 Å². The van der Waals surface area contributed by atoms with Crippen molar-refractivity contribution in [3.05, 3.63) is 253 Å². The van der Waals surface area contributed by atoms with E-state index in [1.54, 1.807) is 0 Å². The van der Waals surface area contributed by atoms with Crippen molar-refractivity contribution in [1.82, 2.24) is 24.1 Å². The van der Waals surface area contributed by atoms with Gasteiger partial charge in [0.25, 0.3) is 6.71 Å². The lowest BCUT2D eigenvalue weighted by Gasteiger charge is -2.35. The molecule has 91 heavy (non-hydrogen) atoms. The van der Waals surface area contributed by atoms with Crippen LogP contribution in [0.4, 0.5) is 0 Å². The third-order valence-electron chi connectivity index (χ3n) is 19.5. The summed E-state index contributed by atoms with van der Waals surface area (Å²) in [7, 11) is 0. The fourth-order valence-corrected chi connectivity index (χ4v) is 14.5. The van der Waals surface area contributed by atoms with Gasteiger partial charge in [-0.25, -0.2) is 15.0 Å². The maximum Gasteiger partial charge on any atom is 0.252 e.